The van der Waals surface area contributed by atoms with E-state index in [1.807, 2.05) is 12.3 Å². The molecule has 0 radical (unpaired) electrons. The van der Waals surface area contributed by atoms with Gasteiger partial charge in [0.1, 0.15) is 5.65 Å². The van der Waals surface area contributed by atoms with E-state index in [9.17, 15) is 9.59 Å². The highest BCUT2D eigenvalue weighted by Gasteiger charge is 2.26. The van der Waals surface area contributed by atoms with E-state index in [0.717, 1.165) is 11.3 Å². The lowest BCUT2D eigenvalue weighted by atomic mass is 10.3. The minimum atomic E-state index is -0.262. The van der Waals surface area contributed by atoms with Gasteiger partial charge in [-0.05, 0) is 12.1 Å². The molecule has 0 aromatic carbocycles. The second-order valence-corrected chi connectivity index (χ2v) is 5.95. The maximum Gasteiger partial charge on any atom is 0.318 e. The molecular weight excluding hydrogens is 332 g/mol. The molecule has 0 saturated heterocycles. The summed E-state index contributed by atoms with van der Waals surface area (Å²) < 4.78 is 1.80. The summed E-state index contributed by atoms with van der Waals surface area (Å²) in [7, 11) is 0. The van der Waals surface area contributed by atoms with Crippen LogP contribution in [0.3, 0.4) is 0 Å². The zero-order valence-corrected chi connectivity index (χ0v) is 13.2. The van der Waals surface area contributed by atoms with Gasteiger partial charge in [0, 0.05) is 12.4 Å². The van der Waals surface area contributed by atoms with Gasteiger partial charge >= 0.3 is 6.03 Å². The lowest BCUT2D eigenvalue weighted by Gasteiger charge is -2.15. The number of H-pyrrole nitrogens is 1. The summed E-state index contributed by atoms with van der Waals surface area (Å²) in [5.41, 5.74) is 2.45. The van der Waals surface area contributed by atoms with Crippen molar-refractivity contribution in [1.82, 2.24) is 29.6 Å². The fourth-order valence-corrected chi connectivity index (χ4v) is 2.88. The van der Waals surface area contributed by atoms with E-state index >= 15 is 0 Å². The van der Waals surface area contributed by atoms with Gasteiger partial charge in [-0.3, -0.25) is 4.79 Å². The van der Waals surface area contributed by atoms with E-state index in [4.69, 9.17) is 11.6 Å². The first-order valence-corrected chi connectivity index (χ1v) is 7.69. The molecule has 1 aliphatic rings. The zero-order valence-electron chi connectivity index (χ0n) is 12.5. The highest BCUT2D eigenvalue weighted by molar-refractivity contribution is 6.30. The molecule has 24 heavy (non-hydrogen) atoms. The summed E-state index contributed by atoms with van der Waals surface area (Å²) >= 11 is 5.94. The number of hydrogen-bond acceptors (Lipinski definition) is 4. The van der Waals surface area contributed by atoms with E-state index in [1.54, 1.807) is 21.6 Å². The van der Waals surface area contributed by atoms with Gasteiger partial charge in [-0.15, -0.1) is 0 Å². The standard InChI is InChI=1S/C15H13ClN6O2/c16-9-1-2-13-20-10(5-21(13)4-9)3-17-15(24)22-6-11-12(7-22)18-8-19-14(11)23/h1-2,4-5,8H,3,6-7H2,(H,17,24)(H,18,19,23). The van der Waals surface area contributed by atoms with Crippen LogP contribution in [0.15, 0.2) is 35.6 Å². The van der Waals surface area contributed by atoms with Crippen molar-refractivity contribution in [3.8, 4) is 0 Å². The highest BCUT2D eigenvalue weighted by Crippen LogP contribution is 2.17. The van der Waals surface area contributed by atoms with E-state index in [2.05, 4.69) is 20.3 Å². The van der Waals surface area contributed by atoms with Crippen molar-refractivity contribution in [2.45, 2.75) is 19.6 Å². The van der Waals surface area contributed by atoms with Gasteiger partial charge in [-0.2, -0.15) is 0 Å². The van der Waals surface area contributed by atoms with Crippen LogP contribution in [-0.2, 0) is 19.6 Å². The number of hydrogen-bond donors (Lipinski definition) is 2. The average molecular weight is 345 g/mol. The number of carbonyl (C=O) groups is 1. The highest BCUT2D eigenvalue weighted by atomic mass is 35.5. The van der Waals surface area contributed by atoms with Gasteiger partial charge in [0.2, 0.25) is 0 Å². The SMILES string of the molecule is O=C(NCc1cn2cc(Cl)ccc2n1)N1Cc2nc[nH]c(=O)c2C1. The molecule has 0 aliphatic carbocycles. The number of halogens is 1. The molecule has 0 bridgehead atoms. The quantitative estimate of drug-likeness (QED) is 0.732. The minimum absolute atomic E-state index is 0.201. The smallest absolute Gasteiger partial charge is 0.318 e. The van der Waals surface area contributed by atoms with Crippen LogP contribution in [0.4, 0.5) is 4.79 Å². The fraction of sp³-hybridized carbons (Fsp3) is 0.200. The molecule has 1 aliphatic heterocycles. The monoisotopic (exact) mass is 344 g/mol. The molecule has 2 N–H and O–H groups in total. The van der Waals surface area contributed by atoms with E-state index in [0.29, 0.717) is 22.8 Å². The third kappa shape index (κ3) is 2.61. The van der Waals surface area contributed by atoms with Gasteiger partial charge in [-0.25, -0.2) is 14.8 Å². The number of fused-ring (bicyclic) bond motifs is 2. The summed E-state index contributed by atoms with van der Waals surface area (Å²) in [6.45, 7) is 0.867. The fourth-order valence-electron chi connectivity index (χ4n) is 2.72. The third-order valence-corrected chi connectivity index (χ3v) is 4.12. The Morgan fingerprint density at radius 2 is 2.21 bits per heavy atom. The van der Waals surface area contributed by atoms with Crippen LogP contribution in [0, 0.1) is 0 Å². The van der Waals surface area contributed by atoms with E-state index in [1.165, 1.54) is 6.33 Å². The second-order valence-electron chi connectivity index (χ2n) is 5.52. The summed E-state index contributed by atoms with van der Waals surface area (Å²) in [4.78, 5) is 36.6. The Morgan fingerprint density at radius 3 is 3.04 bits per heavy atom. The number of aromatic amines is 1. The Balaban J connectivity index is 1.43. The number of urea groups is 1. The maximum absolute atomic E-state index is 12.3. The topological polar surface area (TPSA) is 95.4 Å². The predicted octanol–water partition coefficient (Wildman–Crippen LogP) is 1.30. The van der Waals surface area contributed by atoms with E-state index < -0.39 is 0 Å². The number of amides is 2. The predicted molar refractivity (Wildman–Crippen MR) is 86.5 cm³/mol. The van der Waals surface area contributed by atoms with Gasteiger partial charge in [-0.1, -0.05) is 11.6 Å². The molecule has 0 spiro atoms. The molecule has 4 heterocycles. The van der Waals surface area contributed by atoms with Crippen LogP contribution in [0.1, 0.15) is 17.0 Å². The van der Waals surface area contributed by atoms with Crippen LogP contribution in [-0.4, -0.2) is 30.3 Å². The average Bonchev–Trinajstić information content (AvgIpc) is 3.16. The lowest BCUT2D eigenvalue weighted by Crippen LogP contribution is -2.36. The molecule has 3 aromatic heterocycles. The molecule has 8 nitrogen and oxygen atoms in total. The first-order chi connectivity index (χ1) is 11.6. The van der Waals surface area contributed by atoms with Crippen LogP contribution in [0.2, 0.25) is 5.02 Å². The largest absolute Gasteiger partial charge is 0.332 e. The van der Waals surface area contributed by atoms with Crippen molar-refractivity contribution in [1.29, 1.82) is 0 Å². The second kappa shape index (κ2) is 5.64. The first-order valence-electron chi connectivity index (χ1n) is 7.31. The normalized spacial score (nSPS) is 13.3. The number of aromatic nitrogens is 4. The summed E-state index contributed by atoms with van der Waals surface area (Å²) in [6.07, 6.45) is 4.92. The number of nitrogens with one attached hydrogen (secondary N) is 2. The zero-order chi connectivity index (χ0) is 16.7. The Labute approximate surface area is 141 Å². The molecule has 2 amide bonds. The molecule has 4 rings (SSSR count). The Kier molecular flexibility index (Phi) is 3.46. The van der Waals surface area contributed by atoms with Crippen molar-refractivity contribution in [3.05, 3.63) is 63.2 Å². The number of rotatable bonds is 2. The van der Waals surface area contributed by atoms with Crippen LogP contribution in [0.5, 0.6) is 0 Å². The number of imidazole rings is 1. The molecule has 0 fully saturated rings. The van der Waals surface area contributed by atoms with Crippen molar-refractivity contribution in [2.24, 2.45) is 0 Å². The van der Waals surface area contributed by atoms with Crippen molar-refractivity contribution >= 4 is 23.3 Å². The van der Waals surface area contributed by atoms with Crippen LogP contribution in [0.25, 0.3) is 5.65 Å². The Bertz CT molecular complexity index is 995. The molecule has 0 unspecified atom stereocenters. The Hall–Kier alpha value is -2.87. The number of pyridine rings is 1. The number of nitrogens with zero attached hydrogens (tertiary/aromatic N) is 4. The summed E-state index contributed by atoms with van der Waals surface area (Å²) in [5, 5.41) is 3.42. The van der Waals surface area contributed by atoms with Gasteiger partial charge in [0.25, 0.3) is 5.56 Å². The molecule has 0 saturated carbocycles. The summed E-state index contributed by atoms with van der Waals surface area (Å²) in [5.74, 6) is 0. The third-order valence-electron chi connectivity index (χ3n) is 3.90. The van der Waals surface area contributed by atoms with Crippen LogP contribution < -0.4 is 10.9 Å². The summed E-state index contributed by atoms with van der Waals surface area (Å²) in [6, 6.07) is 3.31. The first kappa shape index (κ1) is 14.7. The number of carbonyl (C=O) groups excluding carboxylic acids is 1. The van der Waals surface area contributed by atoms with Gasteiger partial charge < -0.3 is 19.6 Å². The van der Waals surface area contributed by atoms with Gasteiger partial charge in [0.05, 0.1) is 47.9 Å². The van der Waals surface area contributed by atoms with E-state index in [-0.39, 0.29) is 24.7 Å². The van der Waals surface area contributed by atoms with Gasteiger partial charge in [0.15, 0.2) is 0 Å². The Morgan fingerprint density at radius 1 is 1.33 bits per heavy atom. The minimum Gasteiger partial charge on any atom is -0.332 e. The molecule has 122 valence electrons. The van der Waals surface area contributed by atoms with Crippen molar-refractivity contribution in [3.63, 3.8) is 0 Å². The molecule has 0 atom stereocenters. The molecule has 9 heteroatoms. The molecule has 3 aromatic rings. The van der Waals surface area contributed by atoms with Crippen LogP contribution >= 0.6 is 11.6 Å². The molecular formula is C15H13ClN6O2. The van der Waals surface area contributed by atoms with Crippen molar-refractivity contribution < 1.29 is 4.79 Å². The maximum atomic E-state index is 12.3. The lowest BCUT2D eigenvalue weighted by molar-refractivity contribution is 0.197. The van der Waals surface area contributed by atoms with Crippen molar-refractivity contribution in [2.75, 3.05) is 0 Å².